The molecule has 0 saturated carbocycles. The van der Waals surface area contributed by atoms with E-state index in [0.29, 0.717) is 23.8 Å². The number of nitro benzene ring substituents is 1. The predicted molar refractivity (Wildman–Crippen MR) is 90.2 cm³/mol. The van der Waals surface area contributed by atoms with E-state index in [1.54, 1.807) is 22.4 Å². The maximum absolute atomic E-state index is 12.3. The second-order valence-corrected chi connectivity index (χ2v) is 5.74. The van der Waals surface area contributed by atoms with Gasteiger partial charge in [0, 0.05) is 49.3 Å². The second kappa shape index (κ2) is 7.49. The van der Waals surface area contributed by atoms with Gasteiger partial charge in [-0.25, -0.2) is 4.98 Å². The highest BCUT2D eigenvalue weighted by Gasteiger charge is 2.20. The Morgan fingerprint density at radius 3 is 2.52 bits per heavy atom. The van der Waals surface area contributed by atoms with E-state index < -0.39 is 4.92 Å². The number of nitrogens with one attached hydrogen (secondary N) is 1. The summed E-state index contributed by atoms with van der Waals surface area (Å²) in [6, 6.07) is 6.18. The van der Waals surface area contributed by atoms with Gasteiger partial charge in [0.1, 0.15) is 10.7 Å². The Bertz CT molecular complexity index is 698. The van der Waals surface area contributed by atoms with Crippen LogP contribution in [-0.2, 0) is 0 Å². The molecule has 7 nitrogen and oxygen atoms in total. The third-order valence-electron chi connectivity index (χ3n) is 3.45. The van der Waals surface area contributed by atoms with Crippen LogP contribution >= 0.6 is 23.7 Å². The van der Waals surface area contributed by atoms with Gasteiger partial charge in [-0.3, -0.25) is 14.9 Å². The highest BCUT2D eigenvalue weighted by molar-refractivity contribution is 7.13. The van der Waals surface area contributed by atoms with Crippen LogP contribution < -0.4 is 5.32 Å². The molecule has 2 heterocycles. The van der Waals surface area contributed by atoms with Gasteiger partial charge in [0.2, 0.25) is 0 Å². The van der Waals surface area contributed by atoms with Crippen molar-refractivity contribution in [2.24, 2.45) is 0 Å². The van der Waals surface area contributed by atoms with E-state index >= 15 is 0 Å². The summed E-state index contributed by atoms with van der Waals surface area (Å²) in [6.45, 7) is 2.96. The zero-order valence-electron chi connectivity index (χ0n) is 12.1. The van der Waals surface area contributed by atoms with Crippen molar-refractivity contribution in [3.05, 3.63) is 45.5 Å². The Morgan fingerprint density at radius 1 is 1.26 bits per heavy atom. The summed E-state index contributed by atoms with van der Waals surface area (Å²) >= 11 is 1.37. The molecule has 1 saturated heterocycles. The van der Waals surface area contributed by atoms with Crippen molar-refractivity contribution in [3.63, 3.8) is 0 Å². The molecule has 122 valence electrons. The van der Waals surface area contributed by atoms with Gasteiger partial charge < -0.3 is 10.2 Å². The quantitative estimate of drug-likeness (QED) is 0.674. The minimum absolute atomic E-state index is 0. The van der Waals surface area contributed by atoms with Crippen LogP contribution in [0.2, 0.25) is 0 Å². The Morgan fingerprint density at radius 2 is 1.91 bits per heavy atom. The highest BCUT2D eigenvalue weighted by Crippen LogP contribution is 2.26. The minimum Gasteiger partial charge on any atom is -0.335 e. The summed E-state index contributed by atoms with van der Waals surface area (Å²) in [4.78, 5) is 28.7. The largest absolute Gasteiger partial charge is 0.335 e. The van der Waals surface area contributed by atoms with E-state index in [0.717, 1.165) is 18.7 Å². The zero-order chi connectivity index (χ0) is 15.5. The molecular formula is C14H15ClN4O3S. The van der Waals surface area contributed by atoms with Gasteiger partial charge in [0.25, 0.3) is 11.6 Å². The lowest BCUT2D eigenvalue weighted by Gasteiger charge is -2.26. The summed E-state index contributed by atoms with van der Waals surface area (Å²) in [6.07, 6.45) is 0. The van der Waals surface area contributed by atoms with E-state index in [4.69, 9.17) is 0 Å². The fourth-order valence-electron chi connectivity index (χ4n) is 2.26. The van der Waals surface area contributed by atoms with Crippen molar-refractivity contribution in [1.29, 1.82) is 0 Å². The number of rotatable bonds is 3. The number of carbonyl (C=O) groups is 1. The molecule has 1 amide bonds. The molecule has 0 radical (unpaired) electrons. The monoisotopic (exact) mass is 354 g/mol. The lowest BCUT2D eigenvalue weighted by atomic mass is 10.2. The molecule has 0 unspecified atom stereocenters. The summed E-state index contributed by atoms with van der Waals surface area (Å²) in [7, 11) is 0. The van der Waals surface area contributed by atoms with Crippen molar-refractivity contribution < 1.29 is 9.72 Å². The van der Waals surface area contributed by atoms with E-state index in [2.05, 4.69) is 10.3 Å². The van der Waals surface area contributed by atoms with E-state index in [9.17, 15) is 14.9 Å². The first kappa shape index (κ1) is 17.3. The number of piperazine rings is 1. The number of non-ortho nitro benzene ring substituents is 1. The molecule has 0 bridgehead atoms. The van der Waals surface area contributed by atoms with Gasteiger partial charge in [-0.15, -0.1) is 23.7 Å². The number of hydrogen-bond acceptors (Lipinski definition) is 6. The lowest BCUT2D eigenvalue weighted by Crippen LogP contribution is -2.46. The zero-order valence-corrected chi connectivity index (χ0v) is 13.7. The van der Waals surface area contributed by atoms with Gasteiger partial charge >= 0.3 is 0 Å². The Labute approximate surface area is 142 Å². The molecule has 1 aromatic heterocycles. The number of halogens is 1. The van der Waals surface area contributed by atoms with Crippen molar-refractivity contribution in [2.45, 2.75) is 0 Å². The van der Waals surface area contributed by atoms with Crippen LogP contribution in [-0.4, -0.2) is 46.9 Å². The SMILES string of the molecule is Cl.O=C(c1csc(-c2ccc([N+](=O)[O-])cc2)n1)N1CCNCC1. The number of aromatic nitrogens is 1. The highest BCUT2D eigenvalue weighted by atomic mass is 35.5. The number of benzene rings is 1. The fourth-order valence-corrected chi connectivity index (χ4v) is 3.06. The first-order valence-corrected chi connectivity index (χ1v) is 7.73. The molecular weight excluding hydrogens is 340 g/mol. The van der Waals surface area contributed by atoms with Crippen LogP contribution in [0, 0.1) is 10.1 Å². The molecule has 3 rings (SSSR count). The van der Waals surface area contributed by atoms with Crippen LogP contribution in [0.4, 0.5) is 5.69 Å². The number of hydrogen-bond donors (Lipinski definition) is 1. The molecule has 0 aliphatic carbocycles. The first-order chi connectivity index (χ1) is 10.6. The Kier molecular flexibility index (Phi) is 5.64. The molecule has 1 aliphatic heterocycles. The summed E-state index contributed by atoms with van der Waals surface area (Å²) in [5.41, 5.74) is 1.24. The normalized spacial score (nSPS) is 14.2. The van der Waals surface area contributed by atoms with Crippen molar-refractivity contribution in [3.8, 4) is 10.6 Å². The van der Waals surface area contributed by atoms with Crippen LogP contribution in [0.5, 0.6) is 0 Å². The Hall–Kier alpha value is -2.03. The molecule has 1 fully saturated rings. The second-order valence-electron chi connectivity index (χ2n) is 4.88. The summed E-state index contributed by atoms with van der Waals surface area (Å²) < 4.78 is 0. The molecule has 23 heavy (non-hydrogen) atoms. The summed E-state index contributed by atoms with van der Waals surface area (Å²) in [5.74, 6) is -0.0640. The predicted octanol–water partition coefficient (Wildman–Crippen LogP) is 2.19. The fraction of sp³-hybridized carbons (Fsp3) is 0.286. The average Bonchev–Trinajstić information content (AvgIpc) is 3.05. The molecule has 1 aromatic carbocycles. The molecule has 1 aliphatic rings. The number of nitrogens with zero attached hydrogens (tertiary/aromatic N) is 3. The minimum atomic E-state index is -0.440. The van der Waals surface area contributed by atoms with Crippen molar-refractivity contribution in [2.75, 3.05) is 26.2 Å². The lowest BCUT2D eigenvalue weighted by molar-refractivity contribution is -0.384. The standard InChI is InChI=1S/C14H14N4O3S.ClH/c19-14(17-7-5-15-6-8-17)12-9-22-13(16-12)10-1-3-11(4-2-10)18(20)21;/h1-4,9,15H,5-8H2;1H. The van der Waals surface area contributed by atoms with E-state index in [1.807, 2.05) is 0 Å². The van der Waals surface area contributed by atoms with Gasteiger partial charge in [-0.2, -0.15) is 0 Å². The molecule has 0 spiro atoms. The van der Waals surface area contributed by atoms with Gasteiger partial charge in [-0.05, 0) is 12.1 Å². The van der Waals surface area contributed by atoms with Gasteiger partial charge in [0.15, 0.2) is 0 Å². The maximum Gasteiger partial charge on any atom is 0.273 e. The summed E-state index contributed by atoms with van der Waals surface area (Å²) in [5, 5.41) is 16.3. The number of amides is 1. The third kappa shape index (κ3) is 3.84. The smallest absolute Gasteiger partial charge is 0.273 e. The van der Waals surface area contributed by atoms with E-state index in [-0.39, 0.29) is 24.0 Å². The van der Waals surface area contributed by atoms with Gasteiger partial charge in [-0.1, -0.05) is 0 Å². The average molecular weight is 355 g/mol. The van der Waals surface area contributed by atoms with Crippen LogP contribution in [0.15, 0.2) is 29.6 Å². The van der Waals surface area contributed by atoms with Crippen molar-refractivity contribution in [1.82, 2.24) is 15.2 Å². The van der Waals surface area contributed by atoms with Crippen LogP contribution in [0.25, 0.3) is 10.6 Å². The molecule has 1 N–H and O–H groups in total. The molecule has 9 heteroatoms. The van der Waals surface area contributed by atoms with Crippen LogP contribution in [0.3, 0.4) is 0 Å². The van der Waals surface area contributed by atoms with Crippen LogP contribution in [0.1, 0.15) is 10.5 Å². The van der Waals surface area contributed by atoms with Gasteiger partial charge in [0.05, 0.1) is 4.92 Å². The molecule has 0 atom stereocenters. The first-order valence-electron chi connectivity index (χ1n) is 6.85. The Balaban J connectivity index is 0.00000192. The number of thiazole rings is 1. The van der Waals surface area contributed by atoms with Crippen molar-refractivity contribution >= 4 is 35.3 Å². The van der Waals surface area contributed by atoms with E-state index in [1.165, 1.54) is 23.5 Å². The maximum atomic E-state index is 12.3. The number of carbonyl (C=O) groups excluding carboxylic acids is 1. The molecule has 2 aromatic rings. The third-order valence-corrected chi connectivity index (χ3v) is 4.34. The topological polar surface area (TPSA) is 88.4 Å². The number of nitro groups is 1.